The van der Waals surface area contributed by atoms with Crippen molar-refractivity contribution in [2.75, 3.05) is 13.6 Å². The van der Waals surface area contributed by atoms with Gasteiger partial charge in [0.25, 0.3) is 5.91 Å². The van der Waals surface area contributed by atoms with Crippen LogP contribution in [0.4, 0.5) is 4.39 Å². The van der Waals surface area contributed by atoms with E-state index in [1.165, 1.54) is 37.8 Å². The standard InChI is InChI=1S/C15H19FN2O/c1-18(9-12-8-10-5-6-11(12)7-10)15(19)13-3-2-4-14(16)17-13/h2-4,10-12H,5-9H2,1H3. The zero-order valence-corrected chi connectivity index (χ0v) is 11.2. The van der Waals surface area contributed by atoms with Crippen LogP contribution in [0.2, 0.25) is 0 Å². The summed E-state index contributed by atoms with van der Waals surface area (Å²) in [5, 5.41) is 0. The molecule has 0 spiro atoms. The van der Waals surface area contributed by atoms with Gasteiger partial charge in [-0.1, -0.05) is 12.5 Å². The van der Waals surface area contributed by atoms with Gasteiger partial charge in [-0.2, -0.15) is 4.39 Å². The molecule has 2 aliphatic carbocycles. The van der Waals surface area contributed by atoms with Crippen LogP contribution < -0.4 is 0 Å². The molecule has 0 aromatic carbocycles. The van der Waals surface area contributed by atoms with Crippen LogP contribution in [-0.4, -0.2) is 29.4 Å². The van der Waals surface area contributed by atoms with Crippen molar-refractivity contribution in [1.82, 2.24) is 9.88 Å². The Morgan fingerprint density at radius 2 is 2.26 bits per heavy atom. The van der Waals surface area contributed by atoms with E-state index in [2.05, 4.69) is 4.98 Å². The van der Waals surface area contributed by atoms with Gasteiger partial charge in [0, 0.05) is 13.6 Å². The van der Waals surface area contributed by atoms with E-state index in [4.69, 9.17) is 0 Å². The maximum Gasteiger partial charge on any atom is 0.272 e. The van der Waals surface area contributed by atoms with Gasteiger partial charge in [0.15, 0.2) is 0 Å². The Balaban J connectivity index is 1.64. The highest BCUT2D eigenvalue weighted by Gasteiger charge is 2.40. The average molecular weight is 262 g/mol. The van der Waals surface area contributed by atoms with E-state index < -0.39 is 5.95 Å². The van der Waals surface area contributed by atoms with Gasteiger partial charge in [-0.05, 0) is 49.1 Å². The highest BCUT2D eigenvalue weighted by atomic mass is 19.1. The number of fused-ring (bicyclic) bond motifs is 2. The summed E-state index contributed by atoms with van der Waals surface area (Å²) in [7, 11) is 1.79. The van der Waals surface area contributed by atoms with Crippen molar-refractivity contribution in [1.29, 1.82) is 0 Å². The van der Waals surface area contributed by atoms with Gasteiger partial charge in [0.2, 0.25) is 5.95 Å². The summed E-state index contributed by atoms with van der Waals surface area (Å²) in [5.41, 5.74) is 0.200. The van der Waals surface area contributed by atoms with Gasteiger partial charge in [-0.3, -0.25) is 4.79 Å². The largest absolute Gasteiger partial charge is 0.340 e. The number of halogens is 1. The first-order chi connectivity index (χ1) is 9.13. The predicted molar refractivity (Wildman–Crippen MR) is 70.1 cm³/mol. The lowest BCUT2D eigenvalue weighted by atomic mass is 9.88. The molecule has 1 heterocycles. The number of hydrogen-bond acceptors (Lipinski definition) is 2. The van der Waals surface area contributed by atoms with Gasteiger partial charge in [-0.15, -0.1) is 0 Å². The monoisotopic (exact) mass is 262 g/mol. The Hall–Kier alpha value is -1.45. The number of pyridine rings is 1. The van der Waals surface area contributed by atoms with Crippen molar-refractivity contribution in [3.8, 4) is 0 Å². The predicted octanol–water partition coefficient (Wildman–Crippen LogP) is 2.73. The summed E-state index contributed by atoms with van der Waals surface area (Å²) in [6, 6.07) is 4.36. The third-order valence-electron chi connectivity index (χ3n) is 4.67. The van der Waals surface area contributed by atoms with Gasteiger partial charge >= 0.3 is 0 Å². The third kappa shape index (κ3) is 2.48. The fraction of sp³-hybridized carbons (Fsp3) is 0.600. The van der Waals surface area contributed by atoms with Crippen LogP contribution in [-0.2, 0) is 0 Å². The lowest BCUT2D eigenvalue weighted by molar-refractivity contribution is 0.0747. The molecular formula is C15H19FN2O. The quantitative estimate of drug-likeness (QED) is 0.785. The van der Waals surface area contributed by atoms with Crippen LogP contribution in [0.15, 0.2) is 18.2 Å². The Bertz CT molecular complexity index is 491. The molecule has 19 heavy (non-hydrogen) atoms. The summed E-state index contributed by atoms with van der Waals surface area (Å²) in [6.45, 7) is 0.776. The Labute approximate surface area is 112 Å². The molecular weight excluding hydrogens is 243 g/mol. The second-order valence-electron chi connectivity index (χ2n) is 5.97. The van der Waals surface area contributed by atoms with Crippen LogP contribution in [0.1, 0.15) is 36.2 Å². The van der Waals surface area contributed by atoms with Crippen molar-refractivity contribution < 1.29 is 9.18 Å². The number of aromatic nitrogens is 1. The molecule has 0 saturated heterocycles. The second kappa shape index (κ2) is 4.91. The molecule has 1 amide bonds. The lowest BCUT2D eigenvalue weighted by Gasteiger charge is -2.27. The summed E-state index contributed by atoms with van der Waals surface area (Å²) < 4.78 is 13.0. The lowest BCUT2D eigenvalue weighted by Crippen LogP contribution is -2.34. The van der Waals surface area contributed by atoms with Crippen LogP contribution >= 0.6 is 0 Å². The van der Waals surface area contributed by atoms with Gasteiger partial charge in [0.05, 0.1) is 0 Å². The molecule has 3 rings (SSSR count). The first-order valence-corrected chi connectivity index (χ1v) is 7.01. The molecule has 102 valence electrons. The number of hydrogen-bond donors (Lipinski definition) is 0. The summed E-state index contributed by atoms with van der Waals surface area (Å²) in [5.74, 6) is 1.52. The van der Waals surface area contributed by atoms with E-state index in [1.807, 2.05) is 0 Å². The molecule has 3 atom stereocenters. The SMILES string of the molecule is CN(CC1CC2CCC1C2)C(=O)c1cccc(F)n1. The van der Waals surface area contributed by atoms with Crippen LogP contribution in [0.5, 0.6) is 0 Å². The van der Waals surface area contributed by atoms with Crippen LogP contribution in [0.3, 0.4) is 0 Å². The zero-order valence-electron chi connectivity index (χ0n) is 11.2. The minimum absolute atomic E-state index is 0.178. The fourth-order valence-electron chi connectivity index (χ4n) is 3.76. The Morgan fingerprint density at radius 1 is 1.42 bits per heavy atom. The Morgan fingerprint density at radius 3 is 2.89 bits per heavy atom. The van der Waals surface area contributed by atoms with E-state index in [-0.39, 0.29) is 11.6 Å². The summed E-state index contributed by atoms with van der Waals surface area (Å²) in [6.07, 6.45) is 5.27. The normalized spacial score (nSPS) is 28.6. The minimum Gasteiger partial charge on any atom is -0.340 e. The van der Waals surface area contributed by atoms with E-state index in [9.17, 15) is 9.18 Å². The van der Waals surface area contributed by atoms with Gasteiger partial charge in [-0.25, -0.2) is 4.98 Å². The molecule has 0 radical (unpaired) electrons. The second-order valence-corrected chi connectivity index (χ2v) is 5.97. The number of carbonyl (C=O) groups is 1. The molecule has 2 bridgehead atoms. The first-order valence-electron chi connectivity index (χ1n) is 7.01. The summed E-state index contributed by atoms with van der Waals surface area (Å²) >= 11 is 0. The number of carbonyl (C=O) groups excluding carboxylic acids is 1. The highest BCUT2D eigenvalue weighted by molar-refractivity contribution is 5.92. The van der Waals surface area contributed by atoms with Crippen molar-refractivity contribution in [3.05, 3.63) is 29.8 Å². The van der Waals surface area contributed by atoms with Crippen molar-refractivity contribution >= 4 is 5.91 Å². The molecule has 2 aliphatic rings. The zero-order chi connectivity index (χ0) is 13.4. The molecule has 0 N–H and O–H groups in total. The average Bonchev–Trinajstić information content (AvgIpc) is 3.00. The molecule has 2 saturated carbocycles. The van der Waals surface area contributed by atoms with Gasteiger partial charge in [0.1, 0.15) is 5.69 Å². The van der Waals surface area contributed by atoms with E-state index in [0.29, 0.717) is 5.92 Å². The van der Waals surface area contributed by atoms with Crippen LogP contribution in [0.25, 0.3) is 0 Å². The highest BCUT2D eigenvalue weighted by Crippen LogP contribution is 2.48. The minimum atomic E-state index is -0.598. The number of amides is 1. The molecule has 3 nitrogen and oxygen atoms in total. The van der Waals surface area contributed by atoms with Crippen molar-refractivity contribution in [2.45, 2.75) is 25.7 Å². The molecule has 4 heteroatoms. The third-order valence-corrected chi connectivity index (χ3v) is 4.67. The molecule has 1 aromatic rings. The summed E-state index contributed by atoms with van der Waals surface area (Å²) in [4.78, 5) is 17.5. The Kier molecular flexibility index (Phi) is 3.25. The fourth-order valence-corrected chi connectivity index (χ4v) is 3.76. The number of nitrogens with zero attached hydrogens (tertiary/aromatic N) is 2. The molecule has 2 fully saturated rings. The first kappa shape index (κ1) is 12.6. The maximum atomic E-state index is 13.0. The topological polar surface area (TPSA) is 33.2 Å². The molecule has 3 unspecified atom stereocenters. The van der Waals surface area contributed by atoms with E-state index >= 15 is 0 Å². The van der Waals surface area contributed by atoms with E-state index in [1.54, 1.807) is 18.0 Å². The molecule has 1 aromatic heterocycles. The van der Waals surface area contributed by atoms with E-state index in [0.717, 1.165) is 18.4 Å². The van der Waals surface area contributed by atoms with Crippen molar-refractivity contribution in [3.63, 3.8) is 0 Å². The van der Waals surface area contributed by atoms with Crippen molar-refractivity contribution in [2.24, 2.45) is 17.8 Å². The molecule has 0 aliphatic heterocycles. The maximum absolute atomic E-state index is 13.0. The van der Waals surface area contributed by atoms with Gasteiger partial charge < -0.3 is 4.90 Å². The number of rotatable bonds is 3. The van der Waals surface area contributed by atoms with Crippen LogP contribution in [0, 0.1) is 23.7 Å². The smallest absolute Gasteiger partial charge is 0.272 e.